The van der Waals surface area contributed by atoms with Gasteiger partial charge < -0.3 is 10.2 Å². The predicted molar refractivity (Wildman–Crippen MR) is 73.7 cm³/mol. The van der Waals surface area contributed by atoms with Gasteiger partial charge >= 0.3 is 0 Å². The molecule has 0 aromatic carbocycles. The van der Waals surface area contributed by atoms with Crippen LogP contribution in [0.4, 0.5) is 0 Å². The van der Waals surface area contributed by atoms with Gasteiger partial charge in [0.1, 0.15) is 4.32 Å². The number of amides is 1. The number of hydrogen-bond donors (Lipinski definition) is 1. The van der Waals surface area contributed by atoms with Gasteiger partial charge in [0.25, 0.3) is 0 Å². The molecule has 1 amide bonds. The number of nitrogens with zero attached hydrogens (tertiary/aromatic N) is 1. The van der Waals surface area contributed by atoms with Crippen LogP contribution in [0.1, 0.15) is 33.6 Å². The van der Waals surface area contributed by atoms with E-state index in [0.29, 0.717) is 0 Å². The van der Waals surface area contributed by atoms with E-state index in [1.165, 1.54) is 24.6 Å². The second-order valence-electron chi connectivity index (χ2n) is 4.38. The van der Waals surface area contributed by atoms with Crippen molar-refractivity contribution in [3.63, 3.8) is 0 Å². The molecule has 0 aromatic heterocycles. The molecular formula is C11H20N2OS2. The second-order valence-corrected chi connectivity index (χ2v) is 6.36. The van der Waals surface area contributed by atoms with E-state index in [1.54, 1.807) is 0 Å². The van der Waals surface area contributed by atoms with Crippen LogP contribution in [0, 0.1) is 0 Å². The highest BCUT2D eigenvalue weighted by atomic mass is 32.2. The fourth-order valence-electron chi connectivity index (χ4n) is 1.58. The minimum Gasteiger partial charge on any atom is -0.358 e. The molecule has 0 spiro atoms. The maximum absolute atomic E-state index is 11.7. The van der Waals surface area contributed by atoms with Crippen LogP contribution in [0.3, 0.4) is 0 Å². The van der Waals surface area contributed by atoms with Gasteiger partial charge in [-0.05, 0) is 33.6 Å². The SMILES string of the molecule is CC(C)NC(=O)[C@@H](C)SC(=S)N1CCCC1. The molecule has 16 heavy (non-hydrogen) atoms. The number of nitrogens with one attached hydrogen (secondary N) is 1. The van der Waals surface area contributed by atoms with Crippen molar-refractivity contribution in [3.8, 4) is 0 Å². The predicted octanol–water partition coefficient (Wildman–Crippen LogP) is 2.01. The van der Waals surface area contributed by atoms with E-state index in [-0.39, 0.29) is 17.2 Å². The molecule has 1 fully saturated rings. The van der Waals surface area contributed by atoms with Crippen LogP contribution in [0.25, 0.3) is 0 Å². The molecule has 0 saturated carbocycles. The first kappa shape index (κ1) is 13.8. The summed E-state index contributed by atoms with van der Waals surface area (Å²) >= 11 is 6.82. The maximum atomic E-state index is 11.7. The first-order valence-corrected chi connectivity index (χ1v) is 7.05. The molecule has 3 nitrogen and oxygen atoms in total. The lowest BCUT2D eigenvalue weighted by Gasteiger charge is -2.20. The van der Waals surface area contributed by atoms with Crippen molar-refractivity contribution in [3.05, 3.63) is 0 Å². The molecule has 1 aliphatic heterocycles. The zero-order valence-electron chi connectivity index (χ0n) is 10.2. The summed E-state index contributed by atoms with van der Waals surface area (Å²) in [6, 6.07) is 0.191. The second kappa shape index (κ2) is 6.45. The molecule has 0 aliphatic carbocycles. The fourth-order valence-corrected chi connectivity index (χ4v) is 3.01. The van der Waals surface area contributed by atoms with E-state index >= 15 is 0 Å². The van der Waals surface area contributed by atoms with Gasteiger partial charge in [0.2, 0.25) is 5.91 Å². The normalized spacial score (nSPS) is 17.6. The highest BCUT2D eigenvalue weighted by molar-refractivity contribution is 8.23. The molecule has 5 heteroatoms. The van der Waals surface area contributed by atoms with Crippen LogP contribution in [-0.2, 0) is 4.79 Å². The third kappa shape index (κ3) is 4.29. The Morgan fingerprint density at radius 3 is 2.38 bits per heavy atom. The Bertz CT molecular complexity index is 263. The molecule has 1 N–H and O–H groups in total. The third-order valence-electron chi connectivity index (χ3n) is 2.44. The average Bonchev–Trinajstić information content (AvgIpc) is 2.68. The summed E-state index contributed by atoms with van der Waals surface area (Å²) in [7, 11) is 0. The lowest BCUT2D eigenvalue weighted by molar-refractivity contribution is -0.120. The molecule has 1 aliphatic rings. The van der Waals surface area contributed by atoms with E-state index in [4.69, 9.17) is 12.2 Å². The van der Waals surface area contributed by atoms with Gasteiger partial charge in [0.15, 0.2) is 0 Å². The van der Waals surface area contributed by atoms with Gasteiger partial charge in [-0.15, -0.1) is 0 Å². The summed E-state index contributed by atoms with van der Waals surface area (Å²) in [5.74, 6) is 0.0709. The van der Waals surface area contributed by atoms with E-state index in [9.17, 15) is 4.79 Å². The Kier molecular flexibility index (Phi) is 5.55. The zero-order chi connectivity index (χ0) is 12.1. The standard InChI is InChI=1S/C11H20N2OS2/c1-8(2)12-10(14)9(3)16-11(15)13-6-4-5-7-13/h8-9H,4-7H2,1-3H3,(H,12,14)/t9-/m1/s1. The van der Waals surface area contributed by atoms with E-state index < -0.39 is 0 Å². The van der Waals surface area contributed by atoms with Crippen molar-refractivity contribution >= 4 is 34.2 Å². The van der Waals surface area contributed by atoms with Gasteiger partial charge in [-0.25, -0.2) is 0 Å². The van der Waals surface area contributed by atoms with Crippen molar-refractivity contribution in [2.75, 3.05) is 13.1 Å². The molecule has 1 saturated heterocycles. The summed E-state index contributed by atoms with van der Waals surface area (Å²) in [5, 5.41) is 2.80. The van der Waals surface area contributed by atoms with Gasteiger partial charge in [-0.1, -0.05) is 24.0 Å². The van der Waals surface area contributed by atoms with Crippen LogP contribution in [-0.4, -0.2) is 39.5 Å². The van der Waals surface area contributed by atoms with Gasteiger partial charge in [-0.2, -0.15) is 0 Å². The van der Waals surface area contributed by atoms with Gasteiger partial charge in [0.05, 0.1) is 5.25 Å². The lowest BCUT2D eigenvalue weighted by Crippen LogP contribution is -2.37. The third-order valence-corrected chi connectivity index (χ3v) is 4.02. The monoisotopic (exact) mass is 260 g/mol. The molecule has 1 heterocycles. The van der Waals surface area contributed by atoms with Crippen LogP contribution in [0.2, 0.25) is 0 Å². The number of thiocarbonyl (C=S) groups is 1. The average molecular weight is 260 g/mol. The molecule has 92 valence electrons. The number of carbonyl (C=O) groups is 1. The minimum absolute atomic E-state index is 0.0709. The Hall–Kier alpha value is -0.290. The lowest BCUT2D eigenvalue weighted by atomic mass is 10.3. The number of rotatable bonds is 3. The highest BCUT2D eigenvalue weighted by Crippen LogP contribution is 2.20. The molecule has 1 atom stereocenters. The fraction of sp³-hybridized carbons (Fsp3) is 0.818. The summed E-state index contributed by atoms with van der Waals surface area (Å²) in [6.45, 7) is 7.93. The Labute approximate surface area is 107 Å². The zero-order valence-corrected chi connectivity index (χ0v) is 11.8. The summed E-state index contributed by atoms with van der Waals surface area (Å²) < 4.78 is 0.865. The molecular weight excluding hydrogens is 240 g/mol. The van der Waals surface area contributed by atoms with Crippen molar-refractivity contribution in [2.24, 2.45) is 0 Å². The number of thioether (sulfide) groups is 1. The number of likely N-dealkylation sites (tertiary alicyclic amines) is 1. The number of carbonyl (C=O) groups excluding carboxylic acids is 1. The smallest absolute Gasteiger partial charge is 0.233 e. The van der Waals surface area contributed by atoms with E-state index in [0.717, 1.165) is 17.4 Å². The van der Waals surface area contributed by atoms with Crippen molar-refractivity contribution in [1.82, 2.24) is 10.2 Å². The van der Waals surface area contributed by atoms with E-state index in [1.807, 2.05) is 20.8 Å². The highest BCUT2D eigenvalue weighted by Gasteiger charge is 2.21. The Morgan fingerprint density at radius 2 is 1.88 bits per heavy atom. The van der Waals surface area contributed by atoms with Crippen LogP contribution in [0.15, 0.2) is 0 Å². The van der Waals surface area contributed by atoms with Crippen LogP contribution < -0.4 is 5.32 Å². The molecule has 0 radical (unpaired) electrons. The summed E-state index contributed by atoms with van der Waals surface area (Å²) in [6.07, 6.45) is 2.43. The van der Waals surface area contributed by atoms with Crippen molar-refractivity contribution < 1.29 is 4.79 Å². The Balaban J connectivity index is 2.35. The number of hydrogen-bond acceptors (Lipinski definition) is 3. The van der Waals surface area contributed by atoms with Crippen LogP contribution >= 0.6 is 24.0 Å². The molecule has 1 rings (SSSR count). The Morgan fingerprint density at radius 1 is 1.31 bits per heavy atom. The first-order chi connectivity index (χ1) is 7.50. The largest absolute Gasteiger partial charge is 0.358 e. The molecule has 0 aromatic rings. The van der Waals surface area contributed by atoms with Crippen LogP contribution in [0.5, 0.6) is 0 Å². The molecule has 0 bridgehead atoms. The summed E-state index contributed by atoms with van der Waals surface area (Å²) in [4.78, 5) is 13.9. The quantitative estimate of drug-likeness (QED) is 0.787. The van der Waals surface area contributed by atoms with Gasteiger partial charge in [0, 0.05) is 19.1 Å². The molecule has 0 unspecified atom stereocenters. The minimum atomic E-state index is -0.101. The van der Waals surface area contributed by atoms with Crippen molar-refractivity contribution in [2.45, 2.75) is 44.9 Å². The van der Waals surface area contributed by atoms with Crippen molar-refractivity contribution in [1.29, 1.82) is 0 Å². The first-order valence-electron chi connectivity index (χ1n) is 5.76. The van der Waals surface area contributed by atoms with Gasteiger partial charge in [-0.3, -0.25) is 4.79 Å². The topological polar surface area (TPSA) is 32.3 Å². The van der Waals surface area contributed by atoms with E-state index in [2.05, 4.69) is 10.2 Å². The summed E-state index contributed by atoms with van der Waals surface area (Å²) in [5.41, 5.74) is 0. The maximum Gasteiger partial charge on any atom is 0.233 e.